The maximum Gasteiger partial charge on any atom is 0.0826 e. The molecule has 2 rings (SSSR count). The number of nitriles is 1. The van der Waals surface area contributed by atoms with Gasteiger partial charge in [-0.15, -0.1) is 23.8 Å². The third-order valence-electron chi connectivity index (χ3n) is 2.19. The zero-order valence-corrected chi connectivity index (χ0v) is 10.7. The topological polar surface area (TPSA) is 45.9 Å². The van der Waals surface area contributed by atoms with Gasteiger partial charge in [0, 0.05) is 31.2 Å². The van der Waals surface area contributed by atoms with Crippen molar-refractivity contribution in [2.75, 3.05) is 7.11 Å². The Balaban J connectivity index is 0.00000144. The van der Waals surface area contributed by atoms with Crippen molar-refractivity contribution in [2.45, 2.75) is 0 Å². The van der Waals surface area contributed by atoms with Gasteiger partial charge in [0.1, 0.15) is 0 Å². The molecule has 0 spiro atoms. The molecule has 2 aromatic rings. The smallest absolute Gasteiger partial charge is 0.0826 e. The minimum Gasteiger partial charge on any atom is -0.539 e. The second-order valence-corrected chi connectivity index (χ2v) is 3.16. The number of benzene rings is 1. The summed E-state index contributed by atoms with van der Waals surface area (Å²) < 4.78 is 5.05. The van der Waals surface area contributed by atoms with Crippen LogP contribution >= 0.6 is 0 Å². The zero-order valence-electron chi connectivity index (χ0n) is 9.10. The van der Waals surface area contributed by atoms with Crippen molar-refractivity contribution in [1.29, 1.82) is 5.26 Å². The third-order valence-corrected chi connectivity index (χ3v) is 2.19. The van der Waals surface area contributed by atoms with E-state index in [1.54, 1.807) is 18.3 Å². The van der Waals surface area contributed by atoms with Crippen LogP contribution in [0.25, 0.3) is 11.3 Å². The van der Waals surface area contributed by atoms with Crippen molar-refractivity contribution in [3.05, 3.63) is 48.2 Å². The summed E-state index contributed by atoms with van der Waals surface area (Å²) in [7, 11) is 1.53. The Hall–Kier alpha value is -1.72. The van der Waals surface area contributed by atoms with Gasteiger partial charge in [-0.25, -0.2) is 0 Å². The average Bonchev–Trinajstić information content (AvgIpc) is 2.39. The van der Waals surface area contributed by atoms with Gasteiger partial charge >= 0.3 is 0 Å². The van der Waals surface area contributed by atoms with E-state index < -0.39 is 0 Å². The molecule has 0 unspecified atom stereocenters. The van der Waals surface area contributed by atoms with E-state index in [2.05, 4.69) is 17.1 Å². The number of methoxy groups -OCH3 is 1. The molecule has 87 valence electrons. The summed E-state index contributed by atoms with van der Waals surface area (Å²) in [4.78, 5) is 4.20. The van der Waals surface area contributed by atoms with Crippen molar-refractivity contribution >= 4 is 0 Å². The van der Waals surface area contributed by atoms with Crippen LogP contribution in [-0.2, 0) is 19.5 Å². The van der Waals surface area contributed by atoms with E-state index in [1.807, 2.05) is 18.2 Å². The molecule has 0 bridgehead atoms. The number of ether oxygens (including phenoxy) is 1. The minimum atomic E-state index is 0. The van der Waals surface area contributed by atoms with Gasteiger partial charge in [0.15, 0.2) is 0 Å². The molecule has 0 amide bonds. The third kappa shape index (κ3) is 2.90. The summed E-state index contributed by atoms with van der Waals surface area (Å²) in [6.07, 6.45) is 1.71. The fraction of sp³-hybridized carbons (Fsp3) is 0.0769. The molecule has 1 radical (unpaired) electrons. The molecule has 0 aliphatic carbocycles. The fourth-order valence-corrected chi connectivity index (χ4v) is 1.40. The number of hydrogen-bond donors (Lipinski definition) is 0. The first-order valence-corrected chi connectivity index (χ1v) is 4.76. The summed E-state index contributed by atoms with van der Waals surface area (Å²) >= 11 is 0. The average molecular weight is 312 g/mol. The molecular formula is C13H9N2ORh-. The maximum absolute atomic E-state index is 8.96. The number of rotatable bonds is 2. The summed E-state index contributed by atoms with van der Waals surface area (Å²) in [5.74, 6) is 0.530. The molecule has 0 saturated heterocycles. The number of aromatic nitrogens is 1. The molecule has 0 saturated carbocycles. The standard InChI is InChI=1S/C13H9N2O.Rh/c1-16-13-6-5-10(8-11(13)9-14)12-4-2-3-7-15-12;/h2-4,6-8H,1H3;/q-1;. The Kier molecular flexibility index (Phi) is 4.81. The second kappa shape index (κ2) is 6.13. The van der Waals surface area contributed by atoms with E-state index in [-0.39, 0.29) is 19.5 Å². The summed E-state index contributed by atoms with van der Waals surface area (Å²) in [5, 5.41) is 8.96. The Morgan fingerprint density at radius 1 is 1.41 bits per heavy atom. The summed E-state index contributed by atoms with van der Waals surface area (Å²) in [5.41, 5.74) is 2.07. The van der Waals surface area contributed by atoms with Crippen LogP contribution in [0.2, 0.25) is 0 Å². The molecule has 3 nitrogen and oxygen atoms in total. The first-order chi connectivity index (χ1) is 7.85. The Morgan fingerprint density at radius 2 is 2.24 bits per heavy atom. The van der Waals surface area contributed by atoms with E-state index in [9.17, 15) is 0 Å². The van der Waals surface area contributed by atoms with Crippen LogP contribution in [0, 0.1) is 17.4 Å². The van der Waals surface area contributed by atoms with E-state index in [0.717, 1.165) is 11.3 Å². The molecular weight excluding hydrogens is 303 g/mol. The van der Waals surface area contributed by atoms with Gasteiger partial charge in [0.2, 0.25) is 0 Å². The number of pyridine rings is 1. The first-order valence-electron chi connectivity index (χ1n) is 4.76. The van der Waals surface area contributed by atoms with Crippen LogP contribution in [0.4, 0.5) is 0 Å². The molecule has 0 atom stereocenters. The van der Waals surface area contributed by atoms with Crippen LogP contribution < -0.4 is 4.74 Å². The predicted octanol–water partition coefficient (Wildman–Crippen LogP) is 2.43. The Bertz CT molecular complexity index is 535. The monoisotopic (exact) mass is 312 g/mol. The van der Waals surface area contributed by atoms with Gasteiger partial charge in [-0.1, -0.05) is 12.1 Å². The molecule has 1 heterocycles. The maximum atomic E-state index is 8.96. The molecule has 0 N–H and O–H groups in total. The van der Waals surface area contributed by atoms with Crippen molar-refractivity contribution in [1.82, 2.24) is 4.98 Å². The summed E-state index contributed by atoms with van der Waals surface area (Å²) in [6.45, 7) is 0. The predicted molar refractivity (Wildman–Crippen MR) is 59.8 cm³/mol. The van der Waals surface area contributed by atoms with E-state index >= 15 is 0 Å². The van der Waals surface area contributed by atoms with E-state index in [1.165, 1.54) is 7.11 Å². The quantitative estimate of drug-likeness (QED) is 0.632. The molecule has 0 aliphatic heterocycles. The van der Waals surface area contributed by atoms with Crippen LogP contribution in [0.3, 0.4) is 0 Å². The van der Waals surface area contributed by atoms with Gasteiger partial charge in [-0.05, 0) is 11.8 Å². The van der Waals surface area contributed by atoms with Gasteiger partial charge < -0.3 is 9.72 Å². The molecule has 0 aliphatic rings. The van der Waals surface area contributed by atoms with Crippen LogP contribution in [0.1, 0.15) is 5.56 Å². The Labute approximate surface area is 113 Å². The van der Waals surface area contributed by atoms with E-state index in [0.29, 0.717) is 11.3 Å². The minimum absolute atomic E-state index is 0. The summed E-state index contributed by atoms with van der Waals surface area (Å²) in [6, 6.07) is 14.1. The Morgan fingerprint density at radius 3 is 2.82 bits per heavy atom. The number of nitrogens with zero attached hydrogens (tertiary/aromatic N) is 2. The first kappa shape index (κ1) is 13.3. The molecule has 17 heavy (non-hydrogen) atoms. The van der Waals surface area contributed by atoms with Gasteiger partial charge in [-0.2, -0.15) is 5.26 Å². The van der Waals surface area contributed by atoms with Crippen LogP contribution in [-0.4, -0.2) is 12.1 Å². The van der Waals surface area contributed by atoms with Gasteiger partial charge in [0.05, 0.1) is 18.9 Å². The molecule has 4 heteroatoms. The van der Waals surface area contributed by atoms with Crippen molar-refractivity contribution in [3.8, 4) is 23.1 Å². The van der Waals surface area contributed by atoms with Crippen molar-refractivity contribution < 1.29 is 24.2 Å². The van der Waals surface area contributed by atoms with Gasteiger partial charge in [0.25, 0.3) is 0 Å². The van der Waals surface area contributed by atoms with Crippen LogP contribution in [0.15, 0.2) is 36.5 Å². The van der Waals surface area contributed by atoms with Crippen molar-refractivity contribution in [2.24, 2.45) is 0 Å². The molecule has 1 aromatic heterocycles. The van der Waals surface area contributed by atoms with Crippen LogP contribution in [0.5, 0.6) is 5.75 Å². The zero-order chi connectivity index (χ0) is 11.4. The second-order valence-electron chi connectivity index (χ2n) is 3.16. The molecule has 1 aromatic carbocycles. The fourth-order valence-electron chi connectivity index (χ4n) is 1.40. The molecule has 0 fully saturated rings. The van der Waals surface area contributed by atoms with E-state index in [4.69, 9.17) is 10.00 Å². The van der Waals surface area contributed by atoms with Gasteiger partial charge in [-0.3, -0.25) is 0 Å². The largest absolute Gasteiger partial charge is 0.539 e. The SMILES string of the molecule is COc1c[c-]c(-c2ccccn2)cc1C#N.[Rh]. The number of hydrogen-bond acceptors (Lipinski definition) is 3. The van der Waals surface area contributed by atoms with Crippen molar-refractivity contribution in [3.63, 3.8) is 0 Å². The normalized spacial score (nSPS) is 8.94.